The molecule has 0 aliphatic heterocycles. The average Bonchev–Trinajstić information content (AvgIpc) is 2.47. The second kappa shape index (κ2) is 13.9. The molecule has 7 nitrogen and oxygen atoms in total. The van der Waals surface area contributed by atoms with Crippen molar-refractivity contribution >= 4 is 12.3 Å². The Kier molecular flexibility index (Phi) is 13.3. The lowest BCUT2D eigenvalue weighted by Crippen LogP contribution is -2.28. The summed E-state index contributed by atoms with van der Waals surface area (Å²) in [6, 6.07) is 0. The summed E-state index contributed by atoms with van der Waals surface area (Å²) < 4.78 is 25.8. The molecule has 0 heterocycles. The largest absolute Gasteiger partial charge is 0.469 e. The van der Waals surface area contributed by atoms with E-state index in [2.05, 4.69) is 4.74 Å². The van der Waals surface area contributed by atoms with Gasteiger partial charge in [0, 0.05) is 26.1 Å². The summed E-state index contributed by atoms with van der Waals surface area (Å²) in [5.74, 6) is -0.383. The molecule has 0 saturated carbocycles. The summed E-state index contributed by atoms with van der Waals surface area (Å²) >= 11 is 0. The predicted octanol–water partition coefficient (Wildman–Crippen LogP) is 1.29. The lowest BCUT2D eigenvalue weighted by atomic mass is 10.1. The molecular formula is C14H26O7. The molecule has 0 aromatic carbocycles. The Morgan fingerprint density at radius 3 is 2.10 bits per heavy atom. The van der Waals surface area contributed by atoms with Crippen LogP contribution in [0.5, 0.6) is 0 Å². The van der Waals surface area contributed by atoms with E-state index in [0.29, 0.717) is 19.6 Å². The number of carbonyl (C=O) groups is 2. The van der Waals surface area contributed by atoms with Crippen LogP contribution in [-0.4, -0.2) is 58.4 Å². The minimum Gasteiger partial charge on any atom is -0.469 e. The van der Waals surface area contributed by atoms with Crippen LogP contribution in [0, 0.1) is 0 Å². The lowest BCUT2D eigenvalue weighted by molar-refractivity contribution is -0.152. The molecule has 0 aromatic heterocycles. The molecule has 2 unspecified atom stereocenters. The van der Waals surface area contributed by atoms with Gasteiger partial charge >= 0.3 is 5.97 Å². The predicted molar refractivity (Wildman–Crippen MR) is 74.7 cm³/mol. The number of aldehydes is 1. The summed E-state index contributed by atoms with van der Waals surface area (Å²) in [5.41, 5.74) is 0. The highest BCUT2D eigenvalue weighted by atomic mass is 16.7. The monoisotopic (exact) mass is 306 g/mol. The maximum absolute atomic E-state index is 11.4. The number of esters is 1. The summed E-state index contributed by atoms with van der Waals surface area (Å²) in [6.07, 6.45) is 0.642. The smallest absolute Gasteiger partial charge is 0.308 e. The van der Waals surface area contributed by atoms with Gasteiger partial charge in [-0.15, -0.1) is 0 Å². The standard InChI is InChI=1S/C14H26O7/c1-4-18-10-20-12(6-7-15)8-13(9-14(16)17-3)21-11-19-5-2/h7,12-13H,4-6,8-11H2,1-3H3. The molecule has 0 saturated heterocycles. The summed E-state index contributed by atoms with van der Waals surface area (Å²) in [6.45, 7) is 4.93. The van der Waals surface area contributed by atoms with Gasteiger partial charge < -0.3 is 28.5 Å². The Bertz CT molecular complexity index is 270. The third kappa shape index (κ3) is 11.3. The molecule has 0 aliphatic carbocycles. The maximum Gasteiger partial charge on any atom is 0.308 e. The van der Waals surface area contributed by atoms with Gasteiger partial charge in [0.25, 0.3) is 0 Å². The van der Waals surface area contributed by atoms with E-state index in [9.17, 15) is 9.59 Å². The summed E-state index contributed by atoms with van der Waals surface area (Å²) in [4.78, 5) is 22.1. The molecule has 7 heteroatoms. The van der Waals surface area contributed by atoms with Gasteiger partial charge in [0.2, 0.25) is 0 Å². The van der Waals surface area contributed by atoms with Crippen LogP contribution in [0.4, 0.5) is 0 Å². The van der Waals surface area contributed by atoms with Crippen LogP contribution in [0.25, 0.3) is 0 Å². The van der Waals surface area contributed by atoms with Crippen LogP contribution < -0.4 is 0 Å². The first-order valence-electron chi connectivity index (χ1n) is 7.06. The van der Waals surface area contributed by atoms with Crippen molar-refractivity contribution in [2.45, 2.75) is 45.3 Å². The van der Waals surface area contributed by atoms with Crippen molar-refractivity contribution < 1.29 is 33.3 Å². The van der Waals surface area contributed by atoms with Crippen LogP contribution in [0.2, 0.25) is 0 Å². The third-order valence-corrected chi connectivity index (χ3v) is 2.69. The number of rotatable bonds is 14. The zero-order chi connectivity index (χ0) is 15.9. The first-order valence-corrected chi connectivity index (χ1v) is 7.06. The number of hydrogen-bond donors (Lipinski definition) is 0. The highest BCUT2D eigenvalue weighted by molar-refractivity contribution is 5.69. The fourth-order valence-corrected chi connectivity index (χ4v) is 1.57. The van der Waals surface area contributed by atoms with Crippen molar-refractivity contribution in [3.8, 4) is 0 Å². The van der Waals surface area contributed by atoms with Crippen molar-refractivity contribution in [1.82, 2.24) is 0 Å². The van der Waals surface area contributed by atoms with Gasteiger partial charge in [-0.2, -0.15) is 0 Å². The van der Waals surface area contributed by atoms with Crippen molar-refractivity contribution in [3.63, 3.8) is 0 Å². The Balaban J connectivity index is 4.38. The molecule has 0 rings (SSSR count). The minimum absolute atomic E-state index is 0.0803. The molecule has 0 aliphatic rings. The normalized spacial score (nSPS) is 13.7. The van der Waals surface area contributed by atoms with Gasteiger partial charge in [0.15, 0.2) is 0 Å². The number of hydrogen-bond acceptors (Lipinski definition) is 7. The van der Waals surface area contributed by atoms with Crippen molar-refractivity contribution in [2.75, 3.05) is 33.9 Å². The number of ether oxygens (including phenoxy) is 5. The molecule has 21 heavy (non-hydrogen) atoms. The van der Waals surface area contributed by atoms with Crippen molar-refractivity contribution in [2.24, 2.45) is 0 Å². The van der Waals surface area contributed by atoms with Crippen LogP contribution in [-0.2, 0) is 33.3 Å². The summed E-state index contributed by atoms with van der Waals surface area (Å²) in [7, 11) is 1.32. The Morgan fingerprint density at radius 1 is 1.05 bits per heavy atom. The van der Waals surface area contributed by atoms with E-state index in [-0.39, 0.29) is 38.5 Å². The van der Waals surface area contributed by atoms with Crippen LogP contribution in [0.3, 0.4) is 0 Å². The Labute approximate surface area is 125 Å². The van der Waals surface area contributed by atoms with Gasteiger partial charge in [-0.25, -0.2) is 0 Å². The number of carbonyl (C=O) groups excluding carboxylic acids is 2. The SMILES string of the molecule is CCOCOC(CC=O)CC(CC(=O)OC)OCOCC. The van der Waals surface area contributed by atoms with Crippen LogP contribution in [0.15, 0.2) is 0 Å². The quantitative estimate of drug-likeness (QED) is 0.207. The molecule has 2 atom stereocenters. The van der Waals surface area contributed by atoms with Gasteiger partial charge in [-0.05, 0) is 13.8 Å². The number of methoxy groups -OCH3 is 1. The second-order valence-corrected chi connectivity index (χ2v) is 4.22. The molecule has 0 radical (unpaired) electrons. The maximum atomic E-state index is 11.4. The van der Waals surface area contributed by atoms with Gasteiger partial charge in [-0.1, -0.05) is 0 Å². The first-order chi connectivity index (χ1) is 10.2. The van der Waals surface area contributed by atoms with Crippen molar-refractivity contribution in [1.29, 1.82) is 0 Å². The van der Waals surface area contributed by atoms with E-state index in [1.807, 2.05) is 13.8 Å². The van der Waals surface area contributed by atoms with E-state index in [1.165, 1.54) is 7.11 Å². The minimum atomic E-state index is -0.435. The van der Waals surface area contributed by atoms with Gasteiger partial charge in [0.05, 0.1) is 25.7 Å². The van der Waals surface area contributed by atoms with E-state index < -0.39 is 6.10 Å². The highest BCUT2D eigenvalue weighted by Gasteiger charge is 2.21. The molecule has 0 amide bonds. The van der Waals surface area contributed by atoms with Crippen LogP contribution in [0.1, 0.15) is 33.1 Å². The molecular weight excluding hydrogens is 280 g/mol. The third-order valence-electron chi connectivity index (χ3n) is 2.69. The summed E-state index contributed by atoms with van der Waals surface area (Å²) in [5, 5.41) is 0. The zero-order valence-electron chi connectivity index (χ0n) is 13.0. The molecule has 0 bridgehead atoms. The second-order valence-electron chi connectivity index (χ2n) is 4.22. The topological polar surface area (TPSA) is 80.3 Å². The zero-order valence-corrected chi connectivity index (χ0v) is 13.0. The van der Waals surface area contributed by atoms with Gasteiger partial charge in [-0.3, -0.25) is 4.79 Å². The molecule has 0 aromatic rings. The lowest BCUT2D eigenvalue weighted by Gasteiger charge is -2.22. The van der Waals surface area contributed by atoms with E-state index in [0.717, 1.165) is 6.29 Å². The van der Waals surface area contributed by atoms with Crippen LogP contribution >= 0.6 is 0 Å². The Hall–Kier alpha value is -1.02. The van der Waals surface area contributed by atoms with E-state index in [1.54, 1.807) is 0 Å². The average molecular weight is 306 g/mol. The van der Waals surface area contributed by atoms with Gasteiger partial charge in [0.1, 0.15) is 19.9 Å². The molecule has 124 valence electrons. The first kappa shape index (κ1) is 20.0. The van der Waals surface area contributed by atoms with E-state index >= 15 is 0 Å². The highest BCUT2D eigenvalue weighted by Crippen LogP contribution is 2.13. The molecule has 0 N–H and O–H groups in total. The molecule has 0 spiro atoms. The fraction of sp³-hybridized carbons (Fsp3) is 0.857. The molecule has 0 fully saturated rings. The Morgan fingerprint density at radius 2 is 1.62 bits per heavy atom. The van der Waals surface area contributed by atoms with Crippen molar-refractivity contribution in [3.05, 3.63) is 0 Å². The van der Waals surface area contributed by atoms with E-state index in [4.69, 9.17) is 18.9 Å². The fourth-order valence-electron chi connectivity index (χ4n) is 1.57.